The highest BCUT2D eigenvalue weighted by atomic mass is 16.5. The van der Waals surface area contributed by atoms with Gasteiger partial charge in [-0.2, -0.15) is 5.10 Å². The van der Waals surface area contributed by atoms with Gasteiger partial charge in [-0.15, -0.1) is 0 Å². The topological polar surface area (TPSA) is 73.2 Å². The van der Waals surface area contributed by atoms with Gasteiger partial charge in [-0.05, 0) is 12.5 Å². The third kappa shape index (κ3) is 3.23. The minimum absolute atomic E-state index is 0.00217. The maximum absolute atomic E-state index is 12.6. The first-order valence-electron chi connectivity index (χ1n) is 8.11. The Labute approximate surface area is 140 Å². The fourth-order valence-electron chi connectivity index (χ4n) is 2.93. The number of nitrogens with one attached hydrogen (secondary N) is 1. The molecule has 1 aromatic carbocycles. The number of amides is 1. The van der Waals surface area contributed by atoms with Gasteiger partial charge in [0, 0.05) is 12.6 Å². The lowest BCUT2D eigenvalue weighted by Crippen LogP contribution is -2.43. The average molecular weight is 327 g/mol. The summed E-state index contributed by atoms with van der Waals surface area (Å²) < 4.78 is 7.02. The van der Waals surface area contributed by atoms with E-state index in [4.69, 9.17) is 4.74 Å². The molecular weight excluding hydrogens is 306 g/mol. The SMILES string of the molecule is CCc1cc(C(=O)N[C@@H]2COC[C@H]2C(=O)c2ccccc2)n(C)n1. The summed E-state index contributed by atoms with van der Waals surface area (Å²) in [5.41, 5.74) is 1.99. The summed E-state index contributed by atoms with van der Waals surface area (Å²) >= 11 is 0. The Morgan fingerprint density at radius 3 is 2.71 bits per heavy atom. The van der Waals surface area contributed by atoms with Gasteiger partial charge in [-0.25, -0.2) is 0 Å². The van der Waals surface area contributed by atoms with Crippen LogP contribution in [0.2, 0.25) is 0 Å². The predicted octanol–water partition coefficient (Wildman–Crippen LogP) is 1.61. The highest BCUT2D eigenvalue weighted by Crippen LogP contribution is 2.20. The van der Waals surface area contributed by atoms with Crippen LogP contribution in [0, 0.1) is 5.92 Å². The minimum atomic E-state index is -0.366. The Morgan fingerprint density at radius 2 is 2.04 bits per heavy atom. The molecule has 0 saturated carbocycles. The Balaban J connectivity index is 1.73. The van der Waals surface area contributed by atoms with E-state index in [1.165, 1.54) is 0 Å². The Morgan fingerprint density at radius 1 is 1.29 bits per heavy atom. The molecule has 0 spiro atoms. The highest BCUT2D eigenvalue weighted by Gasteiger charge is 2.36. The lowest BCUT2D eigenvalue weighted by Gasteiger charge is -2.18. The normalized spacial score (nSPS) is 20.1. The molecule has 1 N–H and O–H groups in total. The van der Waals surface area contributed by atoms with Crippen LogP contribution < -0.4 is 5.32 Å². The van der Waals surface area contributed by atoms with E-state index in [9.17, 15) is 9.59 Å². The van der Waals surface area contributed by atoms with Gasteiger partial charge in [0.25, 0.3) is 5.91 Å². The number of ketones is 1. The van der Waals surface area contributed by atoms with Crippen molar-refractivity contribution < 1.29 is 14.3 Å². The van der Waals surface area contributed by atoms with Crippen LogP contribution in [-0.4, -0.2) is 40.7 Å². The molecule has 24 heavy (non-hydrogen) atoms. The van der Waals surface area contributed by atoms with Gasteiger partial charge < -0.3 is 10.1 Å². The molecule has 0 radical (unpaired) electrons. The number of carbonyl (C=O) groups excluding carboxylic acids is 2. The van der Waals surface area contributed by atoms with E-state index in [1.807, 2.05) is 25.1 Å². The second-order valence-corrected chi connectivity index (χ2v) is 5.95. The molecule has 2 aromatic rings. The molecule has 2 heterocycles. The molecule has 1 aromatic heterocycles. The molecule has 1 aliphatic heterocycles. The van der Waals surface area contributed by atoms with Crippen LogP contribution in [0.15, 0.2) is 36.4 Å². The van der Waals surface area contributed by atoms with Crippen LogP contribution >= 0.6 is 0 Å². The third-order valence-electron chi connectivity index (χ3n) is 4.32. The van der Waals surface area contributed by atoms with Crippen LogP contribution in [0.5, 0.6) is 0 Å². The number of hydrogen-bond donors (Lipinski definition) is 1. The van der Waals surface area contributed by atoms with Crippen LogP contribution in [0.4, 0.5) is 0 Å². The fourth-order valence-corrected chi connectivity index (χ4v) is 2.93. The number of aromatic nitrogens is 2. The van der Waals surface area contributed by atoms with Crippen LogP contribution in [0.25, 0.3) is 0 Å². The summed E-state index contributed by atoms with van der Waals surface area (Å²) in [4.78, 5) is 25.2. The number of aryl methyl sites for hydroxylation is 2. The first-order chi connectivity index (χ1) is 11.6. The number of benzene rings is 1. The molecule has 0 unspecified atom stereocenters. The Kier molecular flexibility index (Phi) is 4.76. The molecule has 1 fully saturated rings. The van der Waals surface area contributed by atoms with Crippen LogP contribution in [0.1, 0.15) is 33.5 Å². The second-order valence-electron chi connectivity index (χ2n) is 5.95. The first-order valence-corrected chi connectivity index (χ1v) is 8.11. The quantitative estimate of drug-likeness (QED) is 0.847. The van der Waals surface area contributed by atoms with Gasteiger partial charge in [0.05, 0.1) is 30.9 Å². The molecule has 0 bridgehead atoms. The van der Waals surface area contributed by atoms with E-state index < -0.39 is 0 Å². The molecule has 3 rings (SSSR count). The van der Waals surface area contributed by atoms with Gasteiger partial charge >= 0.3 is 0 Å². The summed E-state index contributed by atoms with van der Waals surface area (Å²) in [5.74, 6) is -0.598. The van der Waals surface area contributed by atoms with Crippen molar-refractivity contribution in [1.29, 1.82) is 0 Å². The van der Waals surface area contributed by atoms with Crippen molar-refractivity contribution in [2.24, 2.45) is 13.0 Å². The van der Waals surface area contributed by atoms with Crippen molar-refractivity contribution in [1.82, 2.24) is 15.1 Å². The summed E-state index contributed by atoms with van der Waals surface area (Å²) in [5, 5.41) is 7.21. The lowest BCUT2D eigenvalue weighted by atomic mass is 9.93. The molecule has 1 amide bonds. The monoisotopic (exact) mass is 327 g/mol. The number of rotatable bonds is 5. The zero-order valence-corrected chi connectivity index (χ0v) is 13.9. The van der Waals surface area contributed by atoms with Crippen molar-refractivity contribution in [3.63, 3.8) is 0 Å². The zero-order valence-electron chi connectivity index (χ0n) is 13.9. The molecular formula is C18H21N3O3. The summed E-state index contributed by atoms with van der Waals surface area (Å²) in [7, 11) is 1.74. The second kappa shape index (κ2) is 6.97. The van der Waals surface area contributed by atoms with Crippen molar-refractivity contribution >= 4 is 11.7 Å². The van der Waals surface area contributed by atoms with Crippen LogP contribution in [-0.2, 0) is 18.2 Å². The van der Waals surface area contributed by atoms with Crippen molar-refractivity contribution in [3.05, 3.63) is 53.3 Å². The number of carbonyl (C=O) groups is 2. The predicted molar refractivity (Wildman–Crippen MR) is 88.9 cm³/mol. The van der Waals surface area contributed by atoms with Crippen molar-refractivity contribution in [2.75, 3.05) is 13.2 Å². The third-order valence-corrected chi connectivity index (χ3v) is 4.32. The van der Waals surface area contributed by atoms with E-state index >= 15 is 0 Å². The van der Waals surface area contributed by atoms with Gasteiger partial charge in [0.2, 0.25) is 0 Å². The van der Waals surface area contributed by atoms with E-state index in [2.05, 4.69) is 10.4 Å². The summed E-state index contributed by atoms with van der Waals surface area (Å²) in [6, 6.07) is 10.6. The standard InChI is InChI=1S/C18H21N3O3/c1-3-13-9-16(21(2)20-13)18(23)19-15-11-24-10-14(15)17(22)12-7-5-4-6-8-12/h4-9,14-15H,3,10-11H2,1-2H3,(H,19,23)/t14-,15-/m1/s1. The molecule has 1 saturated heterocycles. The van der Waals surface area contributed by atoms with E-state index in [0.29, 0.717) is 24.5 Å². The fraction of sp³-hybridized carbons (Fsp3) is 0.389. The summed E-state index contributed by atoms with van der Waals surface area (Å²) in [6.45, 7) is 2.65. The van der Waals surface area contributed by atoms with E-state index in [-0.39, 0.29) is 23.7 Å². The first kappa shape index (κ1) is 16.4. The maximum atomic E-state index is 12.6. The van der Waals surface area contributed by atoms with E-state index in [0.717, 1.165) is 12.1 Å². The molecule has 126 valence electrons. The lowest BCUT2D eigenvalue weighted by molar-refractivity contribution is 0.0870. The highest BCUT2D eigenvalue weighted by molar-refractivity contribution is 5.99. The van der Waals surface area contributed by atoms with Gasteiger partial charge in [0.15, 0.2) is 5.78 Å². The van der Waals surface area contributed by atoms with Crippen molar-refractivity contribution in [2.45, 2.75) is 19.4 Å². The number of ether oxygens (including phenoxy) is 1. The molecule has 6 nitrogen and oxygen atoms in total. The zero-order chi connectivity index (χ0) is 17.1. The van der Waals surface area contributed by atoms with Gasteiger partial charge in [-0.3, -0.25) is 14.3 Å². The van der Waals surface area contributed by atoms with E-state index in [1.54, 1.807) is 29.9 Å². The van der Waals surface area contributed by atoms with Crippen molar-refractivity contribution in [3.8, 4) is 0 Å². The minimum Gasteiger partial charge on any atom is -0.378 e. The van der Waals surface area contributed by atoms with Gasteiger partial charge in [0.1, 0.15) is 5.69 Å². The summed E-state index contributed by atoms with van der Waals surface area (Å²) in [6.07, 6.45) is 0.767. The maximum Gasteiger partial charge on any atom is 0.269 e. The Hall–Kier alpha value is -2.47. The van der Waals surface area contributed by atoms with Crippen LogP contribution in [0.3, 0.4) is 0 Å². The number of Topliss-reactive ketones (excluding diaryl/α,β-unsaturated/α-hetero) is 1. The van der Waals surface area contributed by atoms with Gasteiger partial charge in [-0.1, -0.05) is 37.3 Å². The number of hydrogen-bond acceptors (Lipinski definition) is 4. The largest absolute Gasteiger partial charge is 0.378 e. The Bertz CT molecular complexity index is 739. The molecule has 2 atom stereocenters. The molecule has 0 aliphatic carbocycles. The average Bonchev–Trinajstić information content (AvgIpc) is 3.21. The molecule has 1 aliphatic rings. The smallest absolute Gasteiger partial charge is 0.269 e. The molecule has 6 heteroatoms. The number of nitrogens with zero attached hydrogens (tertiary/aromatic N) is 2.